The van der Waals surface area contributed by atoms with Crippen LogP contribution in [-0.2, 0) is 0 Å². The Hall–Kier alpha value is -2.32. The van der Waals surface area contributed by atoms with Gasteiger partial charge in [0.25, 0.3) is 5.91 Å². The van der Waals surface area contributed by atoms with Gasteiger partial charge in [0, 0.05) is 37.7 Å². The molecule has 0 spiro atoms. The lowest BCUT2D eigenvalue weighted by molar-refractivity contribution is 0.0779. The van der Waals surface area contributed by atoms with E-state index in [1.54, 1.807) is 6.07 Å². The van der Waals surface area contributed by atoms with Crippen LogP contribution in [0, 0.1) is 11.8 Å². The zero-order valence-electron chi connectivity index (χ0n) is 15.4. The van der Waals surface area contributed by atoms with E-state index in [2.05, 4.69) is 25.5 Å². The second kappa shape index (κ2) is 8.14. The Balaban J connectivity index is 1.50. The van der Waals surface area contributed by atoms with Crippen LogP contribution in [0.25, 0.3) is 11.4 Å². The van der Waals surface area contributed by atoms with E-state index in [0.29, 0.717) is 36.0 Å². The number of nitrogens with one attached hydrogen (secondary N) is 1. The Bertz CT molecular complexity index is 759. The number of carbonyl (C=O) groups is 1. The number of rotatable bonds is 5. The summed E-state index contributed by atoms with van der Waals surface area (Å²) in [5.41, 5.74) is 1.26. The van der Waals surface area contributed by atoms with Crippen LogP contribution in [0.3, 0.4) is 0 Å². The molecule has 1 amide bonds. The van der Waals surface area contributed by atoms with E-state index in [1.165, 1.54) is 19.3 Å². The van der Waals surface area contributed by atoms with E-state index in [0.717, 1.165) is 19.6 Å². The van der Waals surface area contributed by atoms with Gasteiger partial charge in [0.1, 0.15) is 0 Å². The number of amides is 1. The molecule has 0 bridgehead atoms. The van der Waals surface area contributed by atoms with Crippen molar-refractivity contribution in [3.05, 3.63) is 29.8 Å². The normalized spacial score (nSPS) is 23.7. The number of tetrazole rings is 1. The molecule has 4 rings (SSSR count). The van der Waals surface area contributed by atoms with Crippen molar-refractivity contribution >= 4 is 5.91 Å². The number of aromatic nitrogens is 4. The summed E-state index contributed by atoms with van der Waals surface area (Å²) in [4.78, 5) is 17.6. The highest BCUT2D eigenvalue weighted by atomic mass is 16.3. The number of aliphatic hydroxyl groups is 1. The SMILES string of the molecule is O=C(c1ccccc1-c1nn[nH]n1)N1C[C@@H](CO)[C@@H](CN2CCCCC2)C1. The average molecular weight is 370 g/mol. The van der Waals surface area contributed by atoms with E-state index >= 15 is 0 Å². The molecule has 0 unspecified atom stereocenters. The molecule has 2 fully saturated rings. The summed E-state index contributed by atoms with van der Waals surface area (Å²) in [5, 5.41) is 23.9. The molecule has 0 saturated carbocycles. The minimum absolute atomic E-state index is 0.0324. The molecule has 0 radical (unpaired) electrons. The molecule has 2 N–H and O–H groups in total. The lowest BCUT2D eigenvalue weighted by atomic mass is 9.95. The number of benzene rings is 1. The Labute approximate surface area is 158 Å². The summed E-state index contributed by atoms with van der Waals surface area (Å²) in [6.45, 7) is 4.61. The maximum atomic E-state index is 13.2. The quantitative estimate of drug-likeness (QED) is 0.816. The summed E-state index contributed by atoms with van der Waals surface area (Å²) in [6.07, 6.45) is 3.80. The molecule has 0 aliphatic carbocycles. The Morgan fingerprint density at radius 2 is 1.93 bits per heavy atom. The van der Waals surface area contributed by atoms with Crippen molar-refractivity contribution in [2.75, 3.05) is 39.3 Å². The van der Waals surface area contributed by atoms with Crippen molar-refractivity contribution in [3.8, 4) is 11.4 Å². The van der Waals surface area contributed by atoms with Crippen molar-refractivity contribution in [2.24, 2.45) is 11.8 Å². The highest BCUT2D eigenvalue weighted by molar-refractivity contribution is 6.00. The van der Waals surface area contributed by atoms with Gasteiger partial charge in [-0.15, -0.1) is 10.2 Å². The second-order valence-corrected chi connectivity index (χ2v) is 7.56. The van der Waals surface area contributed by atoms with Crippen LogP contribution in [0.2, 0.25) is 0 Å². The van der Waals surface area contributed by atoms with Crippen molar-refractivity contribution < 1.29 is 9.90 Å². The topological polar surface area (TPSA) is 98.2 Å². The molecule has 2 aliphatic rings. The minimum Gasteiger partial charge on any atom is -0.396 e. The lowest BCUT2D eigenvalue weighted by Crippen LogP contribution is -2.37. The molecule has 2 saturated heterocycles. The molecule has 2 aromatic rings. The van der Waals surface area contributed by atoms with E-state index in [4.69, 9.17) is 0 Å². The maximum Gasteiger partial charge on any atom is 0.254 e. The summed E-state index contributed by atoms with van der Waals surface area (Å²) in [5.74, 6) is 0.833. The van der Waals surface area contributed by atoms with Crippen LogP contribution >= 0.6 is 0 Å². The largest absolute Gasteiger partial charge is 0.396 e. The molecular formula is C19H26N6O2. The van der Waals surface area contributed by atoms with Crippen molar-refractivity contribution in [1.82, 2.24) is 30.4 Å². The van der Waals surface area contributed by atoms with Gasteiger partial charge < -0.3 is 14.9 Å². The number of hydrogen-bond donors (Lipinski definition) is 2. The molecule has 2 atom stereocenters. The first-order valence-electron chi connectivity index (χ1n) is 9.71. The highest BCUT2D eigenvalue weighted by Crippen LogP contribution is 2.28. The van der Waals surface area contributed by atoms with Gasteiger partial charge in [0.2, 0.25) is 5.82 Å². The third kappa shape index (κ3) is 3.86. The standard InChI is InChI=1S/C19H26N6O2/c26-13-15-12-25(11-14(15)10-24-8-4-1-5-9-24)19(27)17-7-3-2-6-16(17)18-20-22-23-21-18/h2-3,6-7,14-15,26H,1,4-5,8-13H2,(H,20,21,22,23)/t14-,15-/m0/s1. The van der Waals surface area contributed by atoms with E-state index < -0.39 is 0 Å². The first-order chi connectivity index (χ1) is 13.3. The van der Waals surface area contributed by atoms with Gasteiger partial charge >= 0.3 is 0 Å². The Morgan fingerprint density at radius 3 is 2.67 bits per heavy atom. The van der Waals surface area contributed by atoms with Gasteiger partial charge in [-0.1, -0.05) is 24.6 Å². The molecule has 3 heterocycles. The molecule has 144 valence electrons. The first kappa shape index (κ1) is 18.1. The number of H-pyrrole nitrogens is 1. The van der Waals surface area contributed by atoms with Crippen LogP contribution in [0.15, 0.2) is 24.3 Å². The summed E-state index contributed by atoms with van der Waals surface area (Å²) < 4.78 is 0. The van der Waals surface area contributed by atoms with Gasteiger partial charge in [0.05, 0.1) is 5.56 Å². The van der Waals surface area contributed by atoms with Crippen LogP contribution in [0.1, 0.15) is 29.6 Å². The molecule has 1 aromatic carbocycles. The van der Waals surface area contributed by atoms with Gasteiger partial charge in [0.15, 0.2) is 0 Å². The number of nitrogens with zero attached hydrogens (tertiary/aromatic N) is 5. The van der Waals surface area contributed by atoms with E-state index in [9.17, 15) is 9.90 Å². The minimum atomic E-state index is -0.0324. The van der Waals surface area contributed by atoms with Crippen LogP contribution in [-0.4, -0.2) is 80.8 Å². The molecular weight excluding hydrogens is 344 g/mol. The number of piperidine rings is 1. The third-order valence-corrected chi connectivity index (χ3v) is 5.78. The zero-order valence-corrected chi connectivity index (χ0v) is 15.4. The molecule has 8 nitrogen and oxygen atoms in total. The maximum absolute atomic E-state index is 13.2. The Morgan fingerprint density at radius 1 is 1.15 bits per heavy atom. The third-order valence-electron chi connectivity index (χ3n) is 5.78. The van der Waals surface area contributed by atoms with Crippen LogP contribution in [0.4, 0.5) is 0 Å². The summed E-state index contributed by atoms with van der Waals surface area (Å²) in [6, 6.07) is 7.35. The number of carbonyl (C=O) groups excluding carboxylic acids is 1. The lowest BCUT2D eigenvalue weighted by Gasteiger charge is -2.30. The van der Waals surface area contributed by atoms with Crippen molar-refractivity contribution in [1.29, 1.82) is 0 Å². The second-order valence-electron chi connectivity index (χ2n) is 7.56. The number of aliphatic hydroxyl groups excluding tert-OH is 1. The summed E-state index contributed by atoms with van der Waals surface area (Å²) >= 11 is 0. The zero-order chi connectivity index (χ0) is 18.6. The number of aromatic amines is 1. The van der Waals surface area contributed by atoms with Gasteiger partial charge in [-0.05, 0) is 43.1 Å². The van der Waals surface area contributed by atoms with Crippen LogP contribution < -0.4 is 0 Å². The van der Waals surface area contributed by atoms with E-state index in [1.807, 2.05) is 23.1 Å². The summed E-state index contributed by atoms with van der Waals surface area (Å²) in [7, 11) is 0. The number of likely N-dealkylation sites (tertiary alicyclic amines) is 2. The number of hydrogen-bond acceptors (Lipinski definition) is 6. The fraction of sp³-hybridized carbons (Fsp3) is 0.579. The van der Waals surface area contributed by atoms with Gasteiger partial charge in [-0.2, -0.15) is 5.21 Å². The van der Waals surface area contributed by atoms with Gasteiger partial charge in [-0.3, -0.25) is 4.79 Å². The van der Waals surface area contributed by atoms with E-state index in [-0.39, 0.29) is 18.4 Å². The molecule has 27 heavy (non-hydrogen) atoms. The van der Waals surface area contributed by atoms with Gasteiger partial charge in [-0.25, -0.2) is 0 Å². The van der Waals surface area contributed by atoms with Crippen LogP contribution in [0.5, 0.6) is 0 Å². The monoisotopic (exact) mass is 370 g/mol. The fourth-order valence-electron chi connectivity index (χ4n) is 4.30. The smallest absolute Gasteiger partial charge is 0.254 e. The van der Waals surface area contributed by atoms with Crippen molar-refractivity contribution in [2.45, 2.75) is 19.3 Å². The first-order valence-corrected chi connectivity index (χ1v) is 9.71. The Kier molecular flexibility index (Phi) is 5.45. The highest BCUT2D eigenvalue weighted by Gasteiger charge is 2.36. The molecule has 8 heteroatoms. The van der Waals surface area contributed by atoms with Crippen molar-refractivity contribution in [3.63, 3.8) is 0 Å². The molecule has 1 aromatic heterocycles. The average Bonchev–Trinajstić information content (AvgIpc) is 3.38. The molecule has 2 aliphatic heterocycles. The predicted octanol–water partition coefficient (Wildman–Crippen LogP) is 1.03. The fourth-order valence-corrected chi connectivity index (χ4v) is 4.30. The predicted molar refractivity (Wildman–Crippen MR) is 99.9 cm³/mol.